The summed E-state index contributed by atoms with van der Waals surface area (Å²) in [7, 11) is 1.52. The van der Waals surface area contributed by atoms with E-state index in [1.165, 1.54) is 0 Å². The number of hydrogen-bond acceptors (Lipinski definition) is 4. The predicted molar refractivity (Wildman–Crippen MR) is 83.1 cm³/mol. The molecule has 1 heterocycles. The Kier molecular flexibility index (Phi) is 4.13. The molecule has 0 fully saturated rings. The molecule has 5 nitrogen and oxygen atoms in total. The Morgan fingerprint density at radius 3 is 2.05 bits per heavy atom. The molecule has 0 spiro atoms. The molecule has 1 aromatic heterocycles. The van der Waals surface area contributed by atoms with Crippen molar-refractivity contribution in [1.82, 2.24) is 14.8 Å². The summed E-state index contributed by atoms with van der Waals surface area (Å²) in [5, 5.41) is 7.64. The highest BCUT2D eigenvalue weighted by Gasteiger charge is 2.26. The van der Waals surface area contributed by atoms with E-state index in [0.29, 0.717) is 5.82 Å². The topological polar surface area (TPSA) is 64.8 Å². The summed E-state index contributed by atoms with van der Waals surface area (Å²) in [5.74, 6) is 0.527. The molecular weight excluding hydrogens is 310 g/mol. The van der Waals surface area contributed by atoms with Crippen LogP contribution in [-0.4, -0.2) is 23.2 Å². The van der Waals surface area contributed by atoms with Crippen molar-refractivity contribution in [1.29, 1.82) is 0 Å². The molecule has 0 bridgehead atoms. The van der Waals surface area contributed by atoms with E-state index >= 15 is 0 Å². The van der Waals surface area contributed by atoms with Crippen LogP contribution >= 0.6 is 10.7 Å². The van der Waals surface area contributed by atoms with Gasteiger partial charge in [-0.05, 0) is 45.7 Å². The highest BCUT2D eigenvalue weighted by atomic mass is 35.7. The summed E-state index contributed by atoms with van der Waals surface area (Å²) in [6, 6.07) is 3.95. The summed E-state index contributed by atoms with van der Waals surface area (Å²) in [6.07, 6.45) is 0. The van der Waals surface area contributed by atoms with Crippen molar-refractivity contribution in [3.05, 3.63) is 28.8 Å². The molecule has 7 heteroatoms. The number of nitrogens with zero attached hydrogens (tertiary/aromatic N) is 3. The minimum absolute atomic E-state index is 0.126. The second-order valence-electron chi connectivity index (χ2n) is 5.48. The van der Waals surface area contributed by atoms with Gasteiger partial charge in [-0.1, -0.05) is 17.7 Å². The van der Waals surface area contributed by atoms with Crippen molar-refractivity contribution in [3.8, 4) is 11.4 Å². The van der Waals surface area contributed by atoms with Gasteiger partial charge in [-0.2, -0.15) is 0 Å². The van der Waals surface area contributed by atoms with E-state index in [1.807, 2.05) is 46.8 Å². The molecular formula is C14H18ClN3O2S. The van der Waals surface area contributed by atoms with Gasteiger partial charge in [0, 0.05) is 22.3 Å². The Morgan fingerprint density at radius 2 is 1.62 bits per heavy atom. The van der Waals surface area contributed by atoms with Crippen LogP contribution in [0.5, 0.6) is 0 Å². The van der Waals surface area contributed by atoms with Crippen LogP contribution < -0.4 is 0 Å². The largest absolute Gasteiger partial charge is 0.296 e. The standard InChI is InChI=1S/C14H18ClN3O2S/c1-8(2)18-13(16-17-14(18)21(15,19)20)12-10(4)6-9(3)7-11(12)5/h6-8H,1-5H3. The fraction of sp³-hybridized carbons (Fsp3) is 0.429. The monoisotopic (exact) mass is 327 g/mol. The van der Waals surface area contributed by atoms with Gasteiger partial charge >= 0.3 is 0 Å². The highest BCUT2D eigenvalue weighted by molar-refractivity contribution is 8.13. The van der Waals surface area contributed by atoms with Gasteiger partial charge in [0.25, 0.3) is 14.2 Å². The number of aromatic nitrogens is 3. The van der Waals surface area contributed by atoms with Crippen molar-refractivity contribution in [3.63, 3.8) is 0 Å². The number of benzene rings is 1. The smallest absolute Gasteiger partial charge is 0.294 e. The second kappa shape index (κ2) is 5.42. The molecule has 0 aliphatic carbocycles. The van der Waals surface area contributed by atoms with Gasteiger partial charge in [0.05, 0.1) is 0 Å². The maximum absolute atomic E-state index is 11.7. The predicted octanol–water partition coefficient (Wildman–Crippen LogP) is 3.38. The first-order chi connectivity index (χ1) is 9.62. The van der Waals surface area contributed by atoms with E-state index < -0.39 is 9.05 Å². The fourth-order valence-corrected chi connectivity index (χ4v) is 3.60. The van der Waals surface area contributed by atoms with Gasteiger partial charge in [0.2, 0.25) is 0 Å². The molecule has 2 rings (SSSR count). The average molecular weight is 328 g/mol. The van der Waals surface area contributed by atoms with E-state index in [2.05, 4.69) is 10.2 Å². The molecule has 114 valence electrons. The van der Waals surface area contributed by atoms with Gasteiger partial charge in [0.15, 0.2) is 5.82 Å². The molecule has 2 aromatic rings. The maximum Gasteiger partial charge on any atom is 0.296 e. The molecule has 0 N–H and O–H groups in total. The van der Waals surface area contributed by atoms with Gasteiger partial charge < -0.3 is 0 Å². The van der Waals surface area contributed by atoms with Crippen molar-refractivity contribution in [2.75, 3.05) is 0 Å². The van der Waals surface area contributed by atoms with Crippen LogP contribution in [0.15, 0.2) is 17.3 Å². The number of rotatable bonds is 3. The summed E-state index contributed by atoms with van der Waals surface area (Å²) < 4.78 is 24.9. The number of hydrogen-bond donors (Lipinski definition) is 0. The van der Waals surface area contributed by atoms with Crippen LogP contribution in [0.25, 0.3) is 11.4 Å². The van der Waals surface area contributed by atoms with E-state index in [9.17, 15) is 8.42 Å². The quantitative estimate of drug-likeness (QED) is 0.811. The summed E-state index contributed by atoms with van der Waals surface area (Å²) in [5.41, 5.74) is 4.10. The van der Waals surface area contributed by atoms with E-state index in [1.54, 1.807) is 4.57 Å². The Morgan fingerprint density at radius 1 is 1.10 bits per heavy atom. The Bertz CT molecular complexity index is 772. The van der Waals surface area contributed by atoms with Crippen LogP contribution in [0.3, 0.4) is 0 Å². The van der Waals surface area contributed by atoms with Crippen LogP contribution in [-0.2, 0) is 9.05 Å². The first-order valence-electron chi connectivity index (χ1n) is 6.60. The van der Waals surface area contributed by atoms with Gasteiger partial charge in [-0.3, -0.25) is 4.57 Å². The van der Waals surface area contributed by atoms with Crippen LogP contribution in [0.2, 0.25) is 0 Å². The summed E-state index contributed by atoms with van der Waals surface area (Å²) in [4.78, 5) is 0. The third-order valence-electron chi connectivity index (χ3n) is 3.30. The fourth-order valence-electron chi connectivity index (χ4n) is 2.61. The molecule has 21 heavy (non-hydrogen) atoms. The Hall–Kier alpha value is -1.40. The second-order valence-corrected chi connectivity index (χ2v) is 7.94. The van der Waals surface area contributed by atoms with E-state index in [-0.39, 0.29) is 11.2 Å². The zero-order chi connectivity index (χ0) is 15.9. The molecule has 0 unspecified atom stereocenters. The lowest BCUT2D eigenvalue weighted by Gasteiger charge is -2.16. The van der Waals surface area contributed by atoms with Gasteiger partial charge in [0.1, 0.15) is 0 Å². The molecule has 0 amide bonds. The Labute approximate surface area is 129 Å². The van der Waals surface area contributed by atoms with Crippen LogP contribution in [0.1, 0.15) is 36.6 Å². The molecule has 0 radical (unpaired) electrons. The van der Waals surface area contributed by atoms with E-state index in [4.69, 9.17) is 10.7 Å². The Balaban J connectivity index is 2.81. The first-order valence-corrected chi connectivity index (χ1v) is 8.91. The third-order valence-corrected chi connectivity index (χ3v) is 4.43. The van der Waals surface area contributed by atoms with Crippen molar-refractivity contribution in [2.45, 2.75) is 45.8 Å². The van der Waals surface area contributed by atoms with Crippen LogP contribution in [0.4, 0.5) is 0 Å². The molecule has 0 saturated heterocycles. The maximum atomic E-state index is 11.7. The summed E-state index contributed by atoms with van der Waals surface area (Å²) in [6.45, 7) is 9.72. The normalized spacial score (nSPS) is 12.1. The molecule has 0 saturated carbocycles. The lowest BCUT2D eigenvalue weighted by atomic mass is 9.99. The third kappa shape index (κ3) is 2.96. The molecule has 0 aliphatic heterocycles. The number of aryl methyl sites for hydroxylation is 3. The first kappa shape index (κ1) is 16.0. The average Bonchev–Trinajstić information content (AvgIpc) is 2.71. The van der Waals surface area contributed by atoms with E-state index in [0.717, 1.165) is 22.3 Å². The SMILES string of the molecule is Cc1cc(C)c(-c2nnc(S(=O)(=O)Cl)n2C(C)C)c(C)c1. The minimum atomic E-state index is -3.94. The van der Waals surface area contributed by atoms with Crippen LogP contribution in [0, 0.1) is 20.8 Å². The lowest BCUT2D eigenvalue weighted by molar-refractivity contribution is 0.530. The minimum Gasteiger partial charge on any atom is -0.294 e. The summed E-state index contributed by atoms with van der Waals surface area (Å²) >= 11 is 0. The van der Waals surface area contributed by atoms with Crippen molar-refractivity contribution in [2.24, 2.45) is 0 Å². The lowest BCUT2D eigenvalue weighted by Crippen LogP contribution is -2.11. The molecule has 0 aliphatic rings. The van der Waals surface area contributed by atoms with Gasteiger partial charge in [-0.25, -0.2) is 8.42 Å². The molecule has 0 atom stereocenters. The highest BCUT2D eigenvalue weighted by Crippen LogP contribution is 2.31. The van der Waals surface area contributed by atoms with Crippen molar-refractivity contribution >= 4 is 19.7 Å². The van der Waals surface area contributed by atoms with Crippen molar-refractivity contribution < 1.29 is 8.42 Å². The van der Waals surface area contributed by atoms with Gasteiger partial charge in [-0.15, -0.1) is 10.2 Å². The zero-order valence-corrected chi connectivity index (χ0v) is 14.2. The number of halogens is 1. The molecule has 1 aromatic carbocycles. The zero-order valence-electron chi connectivity index (χ0n) is 12.7.